The highest BCUT2D eigenvalue weighted by molar-refractivity contribution is 7.57. The smallest absolute Gasteiger partial charge is 0.278 e. The summed E-state index contributed by atoms with van der Waals surface area (Å²) in [5.74, 6) is 0.989. The van der Waals surface area contributed by atoms with E-state index in [1.54, 1.807) is 0 Å². The number of aliphatic hydroxyl groups excluding tert-OH is 1. The van der Waals surface area contributed by atoms with Crippen LogP contribution < -0.4 is 0 Å². The molecule has 1 aliphatic carbocycles. The fourth-order valence-electron chi connectivity index (χ4n) is 5.18. The first-order valence-corrected chi connectivity index (χ1v) is 12.5. The topological polar surface area (TPSA) is 49.8 Å². The van der Waals surface area contributed by atoms with E-state index in [1.165, 1.54) is 6.42 Å². The predicted octanol–water partition coefficient (Wildman–Crippen LogP) is 5.70. The van der Waals surface area contributed by atoms with Crippen molar-refractivity contribution < 1.29 is 14.2 Å². The van der Waals surface area contributed by atoms with Gasteiger partial charge in [-0.3, -0.25) is 4.57 Å². The summed E-state index contributed by atoms with van der Waals surface area (Å²) >= 11 is 0. The van der Waals surface area contributed by atoms with E-state index in [1.807, 2.05) is 39.0 Å². The minimum Gasteiger partial charge on any atom is -0.392 e. The maximum atomic E-state index is 14.5. The van der Waals surface area contributed by atoms with Crippen molar-refractivity contribution in [1.29, 1.82) is 0 Å². The van der Waals surface area contributed by atoms with E-state index in [-0.39, 0.29) is 17.6 Å². The third-order valence-corrected chi connectivity index (χ3v) is 10.4. The molecule has 2 fully saturated rings. The van der Waals surface area contributed by atoms with E-state index in [2.05, 4.69) is 37.6 Å². The Hall–Kier alpha value is -0.670. The highest BCUT2D eigenvalue weighted by Crippen LogP contribution is 2.67. The zero-order valence-electron chi connectivity index (χ0n) is 18.3. The summed E-state index contributed by atoms with van der Waals surface area (Å²) in [7, 11) is -3.24. The fraction of sp³-hybridized carbons (Fsp3) is 0.739. The number of rotatable bonds is 5. The lowest BCUT2D eigenvalue weighted by Gasteiger charge is -2.58. The van der Waals surface area contributed by atoms with Gasteiger partial charge in [0.05, 0.1) is 17.9 Å². The van der Waals surface area contributed by atoms with Crippen LogP contribution in [0.15, 0.2) is 30.3 Å². The maximum absolute atomic E-state index is 14.5. The Labute approximate surface area is 171 Å². The summed E-state index contributed by atoms with van der Waals surface area (Å²) in [4.78, 5) is 0. The molecular weight excluding hydrogens is 369 g/mol. The van der Waals surface area contributed by atoms with Crippen LogP contribution in [0.1, 0.15) is 66.4 Å². The standard InChI is InChI=1S/C23H38NO3P/c1-16(2)22(25)18(4)28(26)24(15-19-10-8-7-9-11-19)23(5,6)20-13-12-17(3)14-21(20)27-28/h7-11,16-18,20-22,25H,12-15H2,1-6H3/t17-,18+,20-,21-,22+,28+/m1/s1. The number of hydrogen-bond acceptors (Lipinski definition) is 3. The van der Waals surface area contributed by atoms with Crippen LogP contribution in [0.25, 0.3) is 0 Å². The lowest BCUT2D eigenvalue weighted by molar-refractivity contribution is -0.0555. The molecule has 1 aromatic carbocycles. The van der Waals surface area contributed by atoms with Crippen molar-refractivity contribution in [3.63, 3.8) is 0 Å². The Morgan fingerprint density at radius 2 is 1.86 bits per heavy atom. The summed E-state index contributed by atoms with van der Waals surface area (Å²) in [6, 6.07) is 10.2. The Morgan fingerprint density at radius 1 is 1.21 bits per heavy atom. The molecule has 1 aromatic rings. The van der Waals surface area contributed by atoms with Gasteiger partial charge >= 0.3 is 0 Å². The van der Waals surface area contributed by atoms with Crippen LogP contribution in [-0.2, 0) is 15.6 Å². The number of fused-ring (bicyclic) bond motifs is 1. The first-order chi connectivity index (χ1) is 13.1. The maximum Gasteiger partial charge on any atom is 0.278 e. The zero-order valence-corrected chi connectivity index (χ0v) is 19.2. The van der Waals surface area contributed by atoms with Crippen molar-refractivity contribution in [1.82, 2.24) is 4.67 Å². The molecular formula is C23H38NO3P. The molecule has 0 spiro atoms. The molecule has 1 heterocycles. The molecule has 1 saturated carbocycles. The van der Waals surface area contributed by atoms with Gasteiger partial charge in [0.15, 0.2) is 0 Å². The average Bonchev–Trinajstić information content (AvgIpc) is 2.64. The van der Waals surface area contributed by atoms with Crippen LogP contribution >= 0.6 is 7.52 Å². The van der Waals surface area contributed by atoms with Crippen molar-refractivity contribution in [2.24, 2.45) is 17.8 Å². The monoisotopic (exact) mass is 407 g/mol. The van der Waals surface area contributed by atoms with Crippen LogP contribution in [0, 0.1) is 17.8 Å². The average molecular weight is 408 g/mol. The highest BCUT2D eigenvalue weighted by atomic mass is 31.2. The summed E-state index contributed by atoms with van der Waals surface area (Å²) in [5, 5.41) is 10.8. The first-order valence-electron chi connectivity index (χ1n) is 10.9. The second kappa shape index (κ2) is 8.22. The molecule has 0 bridgehead atoms. The second-order valence-electron chi connectivity index (χ2n) is 9.90. The predicted molar refractivity (Wildman–Crippen MR) is 115 cm³/mol. The molecule has 4 nitrogen and oxygen atoms in total. The van der Waals surface area contributed by atoms with Gasteiger partial charge in [0.25, 0.3) is 7.52 Å². The Morgan fingerprint density at radius 3 is 2.46 bits per heavy atom. The Bertz CT molecular complexity index is 705. The third kappa shape index (κ3) is 3.99. The first kappa shape index (κ1) is 22.0. The van der Waals surface area contributed by atoms with Gasteiger partial charge < -0.3 is 9.63 Å². The molecule has 158 valence electrons. The van der Waals surface area contributed by atoms with Crippen LogP contribution in [0.4, 0.5) is 0 Å². The molecule has 0 amide bonds. The number of aliphatic hydroxyl groups is 1. The Kier molecular flexibility index (Phi) is 6.47. The molecule has 5 heteroatoms. The molecule has 28 heavy (non-hydrogen) atoms. The lowest BCUT2D eigenvalue weighted by Crippen LogP contribution is -2.59. The van der Waals surface area contributed by atoms with E-state index in [4.69, 9.17) is 4.52 Å². The number of hydrogen-bond donors (Lipinski definition) is 1. The van der Waals surface area contributed by atoms with Crippen LogP contribution in [0.2, 0.25) is 0 Å². The summed E-state index contributed by atoms with van der Waals surface area (Å²) in [5.41, 5.74) is 0.460. The van der Waals surface area contributed by atoms with Crippen LogP contribution in [0.3, 0.4) is 0 Å². The Balaban J connectivity index is 2.03. The van der Waals surface area contributed by atoms with Gasteiger partial charge in [0, 0.05) is 18.0 Å². The van der Waals surface area contributed by atoms with Crippen molar-refractivity contribution in [2.75, 3.05) is 0 Å². The van der Waals surface area contributed by atoms with Gasteiger partial charge in [-0.1, -0.05) is 57.5 Å². The minimum absolute atomic E-state index is 0.0124. The van der Waals surface area contributed by atoms with Gasteiger partial charge in [0.1, 0.15) is 0 Å². The molecule has 0 unspecified atom stereocenters. The molecule has 2 aliphatic rings. The normalized spacial score (nSPS) is 35.4. The van der Waals surface area contributed by atoms with Crippen molar-refractivity contribution >= 4 is 7.52 Å². The SMILES string of the molecule is CC(C)[C@H](O)[C@H](C)[P@]1(=O)O[C@@H]2C[C@H](C)CC[C@H]2C(C)(C)N1Cc1ccccc1. The third-order valence-electron chi connectivity index (χ3n) is 7.12. The lowest BCUT2D eigenvalue weighted by atomic mass is 9.71. The van der Waals surface area contributed by atoms with Crippen LogP contribution in [-0.4, -0.2) is 33.2 Å². The quantitative estimate of drug-likeness (QED) is 0.636. The molecule has 1 N–H and O–H groups in total. The number of benzene rings is 1. The largest absolute Gasteiger partial charge is 0.392 e. The van der Waals surface area contributed by atoms with E-state index in [9.17, 15) is 9.67 Å². The van der Waals surface area contributed by atoms with Gasteiger partial charge in [-0.15, -0.1) is 0 Å². The van der Waals surface area contributed by atoms with Crippen LogP contribution in [0.5, 0.6) is 0 Å². The zero-order chi connectivity index (χ0) is 20.7. The van der Waals surface area contributed by atoms with E-state index in [0.717, 1.165) is 18.4 Å². The van der Waals surface area contributed by atoms with E-state index in [0.29, 0.717) is 18.4 Å². The highest BCUT2D eigenvalue weighted by Gasteiger charge is 2.58. The van der Waals surface area contributed by atoms with Crippen molar-refractivity contribution in [3.05, 3.63) is 35.9 Å². The van der Waals surface area contributed by atoms with Crippen molar-refractivity contribution in [3.8, 4) is 0 Å². The second-order valence-corrected chi connectivity index (χ2v) is 12.5. The fourth-order valence-corrected chi connectivity index (χ4v) is 8.50. The summed E-state index contributed by atoms with van der Waals surface area (Å²) in [6.45, 7) is 13.2. The van der Waals surface area contributed by atoms with E-state index < -0.39 is 19.3 Å². The van der Waals surface area contributed by atoms with E-state index >= 15 is 0 Å². The van der Waals surface area contributed by atoms with Gasteiger partial charge in [-0.25, -0.2) is 4.67 Å². The molecule has 0 radical (unpaired) electrons. The molecule has 1 saturated heterocycles. The molecule has 3 rings (SSSR count). The molecule has 6 atom stereocenters. The summed E-state index contributed by atoms with van der Waals surface area (Å²) in [6.07, 6.45) is 2.62. The van der Waals surface area contributed by atoms with Gasteiger partial charge in [-0.05, 0) is 51.0 Å². The number of nitrogens with zero attached hydrogens (tertiary/aromatic N) is 1. The van der Waals surface area contributed by atoms with Gasteiger partial charge in [0.2, 0.25) is 0 Å². The molecule has 1 aliphatic heterocycles. The summed E-state index contributed by atoms with van der Waals surface area (Å²) < 4.78 is 23.2. The van der Waals surface area contributed by atoms with Crippen molar-refractivity contribution in [2.45, 2.75) is 90.8 Å². The molecule has 0 aromatic heterocycles. The van der Waals surface area contributed by atoms with Gasteiger partial charge in [-0.2, -0.15) is 0 Å². The minimum atomic E-state index is -3.24.